The number of tetrazole rings is 1. The standard InChI is InChI=1S/C10H19N5/c11-8-10(4-2-1-3-5-10)6-7-15-9-12-13-14-15/h9H,1-8,11H2. The van der Waals surface area contributed by atoms with Crippen LogP contribution in [0, 0.1) is 5.41 Å². The van der Waals surface area contributed by atoms with Crippen molar-refractivity contribution in [2.45, 2.75) is 45.1 Å². The van der Waals surface area contributed by atoms with Crippen molar-refractivity contribution in [2.24, 2.45) is 11.1 Å². The van der Waals surface area contributed by atoms with Gasteiger partial charge < -0.3 is 5.73 Å². The fraction of sp³-hybridized carbons (Fsp3) is 0.900. The molecular formula is C10H19N5. The number of nitrogens with zero attached hydrogens (tertiary/aromatic N) is 4. The highest BCUT2D eigenvalue weighted by Crippen LogP contribution is 2.38. The van der Waals surface area contributed by atoms with Gasteiger partial charge in [-0.25, -0.2) is 4.68 Å². The van der Waals surface area contributed by atoms with E-state index in [9.17, 15) is 0 Å². The maximum absolute atomic E-state index is 5.92. The molecule has 1 saturated carbocycles. The SMILES string of the molecule is NCC1(CCn2cnnn2)CCCCC1. The second-order valence-electron chi connectivity index (χ2n) is 4.59. The van der Waals surface area contributed by atoms with Crippen LogP contribution in [0.4, 0.5) is 0 Å². The van der Waals surface area contributed by atoms with Crippen molar-refractivity contribution in [2.75, 3.05) is 6.54 Å². The molecule has 1 fully saturated rings. The Kier molecular flexibility index (Phi) is 3.30. The summed E-state index contributed by atoms with van der Waals surface area (Å²) in [6, 6.07) is 0. The van der Waals surface area contributed by atoms with Crippen LogP contribution in [0.15, 0.2) is 6.33 Å². The topological polar surface area (TPSA) is 69.6 Å². The van der Waals surface area contributed by atoms with Crippen molar-refractivity contribution >= 4 is 0 Å². The summed E-state index contributed by atoms with van der Waals surface area (Å²) >= 11 is 0. The first kappa shape index (κ1) is 10.5. The second kappa shape index (κ2) is 4.70. The first-order chi connectivity index (χ1) is 7.35. The van der Waals surface area contributed by atoms with Gasteiger partial charge in [-0.1, -0.05) is 19.3 Å². The molecule has 0 saturated heterocycles. The van der Waals surface area contributed by atoms with Crippen molar-refractivity contribution in [3.8, 4) is 0 Å². The third kappa shape index (κ3) is 2.53. The van der Waals surface area contributed by atoms with Gasteiger partial charge in [0.15, 0.2) is 0 Å². The lowest BCUT2D eigenvalue weighted by atomic mass is 9.72. The second-order valence-corrected chi connectivity index (χ2v) is 4.59. The summed E-state index contributed by atoms with van der Waals surface area (Å²) in [5.74, 6) is 0. The number of rotatable bonds is 4. The van der Waals surface area contributed by atoms with Crippen LogP contribution in [0.5, 0.6) is 0 Å². The maximum atomic E-state index is 5.92. The molecule has 0 atom stereocenters. The van der Waals surface area contributed by atoms with Crippen molar-refractivity contribution in [1.82, 2.24) is 20.2 Å². The van der Waals surface area contributed by atoms with Crippen LogP contribution in [-0.4, -0.2) is 26.8 Å². The maximum Gasteiger partial charge on any atom is 0.138 e. The summed E-state index contributed by atoms with van der Waals surface area (Å²) in [6.07, 6.45) is 9.34. The average molecular weight is 209 g/mol. The molecule has 2 rings (SSSR count). The van der Waals surface area contributed by atoms with Gasteiger partial charge in [0.05, 0.1) is 0 Å². The number of nitrogens with two attached hydrogens (primary N) is 1. The molecule has 15 heavy (non-hydrogen) atoms. The molecule has 0 aliphatic heterocycles. The molecule has 0 unspecified atom stereocenters. The molecule has 1 aromatic rings. The molecule has 0 spiro atoms. The molecule has 1 aliphatic rings. The largest absolute Gasteiger partial charge is 0.330 e. The molecule has 1 aliphatic carbocycles. The molecule has 84 valence electrons. The zero-order valence-electron chi connectivity index (χ0n) is 9.10. The smallest absolute Gasteiger partial charge is 0.138 e. The van der Waals surface area contributed by atoms with E-state index in [0.717, 1.165) is 19.5 Å². The Labute approximate surface area is 90.0 Å². The summed E-state index contributed by atoms with van der Waals surface area (Å²) in [6.45, 7) is 1.69. The van der Waals surface area contributed by atoms with E-state index in [1.807, 2.05) is 0 Å². The molecule has 1 aromatic heterocycles. The summed E-state index contributed by atoms with van der Waals surface area (Å²) in [7, 11) is 0. The Bertz CT molecular complexity index is 276. The average Bonchev–Trinajstić information content (AvgIpc) is 2.81. The summed E-state index contributed by atoms with van der Waals surface area (Å²) in [4.78, 5) is 0. The van der Waals surface area contributed by atoms with Gasteiger partial charge in [0.1, 0.15) is 6.33 Å². The highest BCUT2D eigenvalue weighted by atomic mass is 15.5. The van der Waals surface area contributed by atoms with Gasteiger partial charge in [0, 0.05) is 6.54 Å². The lowest BCUT2D eigenvalue weighted by molar-refractivity contribution is 0.170. The van der Waals surface area contributed by atoms with Crippen molar-refractivity contribution in [3.63, 3.8) is 0 Å². The zero-order chi connectivity index (χ0) is 10.6. The molecule has 0 amide bonds. The Morgan fingerprint density at radius 1 is 1.27 bits per heavy atom. The number of aromatic nitrogens is 4. The highest BCUT2D eigenvalue weighted by Gasteiger charge is 2.30. The molecule has 2 N–H and O–H groups in total. The number of hydrogen-bond acceptors (Lipinski definition) is 4. The van der Waals surface area contributed by atoms with Crippen molar-refractivity contribution < 1.29 is 0 Å². The molecule has 1 heterocycles. The van der Waals surface area contributed by atoms with Crippen LogP contribution < -0.4 is 5.73 Å². The predicted molar refractivity (Wildman–Crippen MR) is 57.0 cm³/mol. The Morgan fingerprint density at radius 3 is 2.67 bits per heavy atom. The Morgan fingerprint density at radius 2 is 2.07 bits per heavy atom. The quantitative estimate of drug-likeness (QED) is 0.802. The molecule has 5 nitrogen and oxygen atoms in total. The van der Waals surface area contributed by atoms with E-state index >= 15 is 0 Å². The molecular weight excluding hydrogens is 190 g/mol. The van der Waals surface area contributed by atoms with E-state index in [4.69, 9.17) is 5.73 Å². The van der Waals surface area contributed by atoms with E-state index in [2.05, 4.69) is 15.5 Å². The molecule has 0 bridgehead atoms. The molecule has 5 heteroatoms. The van der Waals surface area contributed by atoms with Crippen LogP contribution in [0.1, 0.15) is 38.5 Å². The third-order valence-corrected chi connectivity index (χ3v) is 3.61. The van der Waals surface area contributed by atoms with Gasteiger partial charge in [-0.15, -0.1) is 5.10 Å². The van der Waals surface area contributed by atoms with Crippen LogP contribution >= 0.6 is 0 Å². The van der Waals surface area contributed by atoms with Gasteiger partial charge in [0.2, 0.25) is 0 Å². The summed E-state index contributed by atoms with van der Waals surface area (Å²) in [5.41, 5.74) is 6.27. The van der Waals surface area contributed by atoms with Crippen LogP contribution in [0.25, 0.3) is 0 Å². The molecule has 0 radical (unpaired) electrons. The minimum Gasteiger partial charge on any atom is -0.330 e. The van der Waals surface area contributed by atoms with Crippen LogP contribution in [0.3, 0.4) is 0 Å². The number of hydrogen-bond donors (Lipinski definition) is 1. The first-order valence-corrected chi connectivity index (χ1v) is 5.76. The summed E-state index contributed by atoms with van der Waals surface area (Å²) in [5, 5.41) is 11.2. The fourth-order valence-corrected chi connectivity index (χ4v) is 2.49. The van der Waals surface area contributed by atoms with E-state index in [1.54, 1.807) is 11.0 Å². The third-order valence-electron chi connectivity index (χ3n) is 3.61. The van der Waals surface area contributed by atoms with E-state index < -0.39 is 0 Å². The van der Waals surface area contributed by atoms with Crippen molar-refractivity contribution in [3.05, 3.63) is 6.33 Å². The van der Waals surface area contributed by atoms with E-state index in [-0.39, 0.29) is 0 Å². The zero-order valence-corrected chi connectivity index (χ0v) is 9.10. The van der Waals surface area contributed by atoms with E-state index in [1.165, 1.54) is 32.1 Å². The normalized spacial score (nSPS) is 20.3. The monoisotopic (exact) mass is 209 g/mol. The Hall–Kier alpha value is -0.970. The van der Waals surface area contributed by atoms with Gasteiger partial charge >= 0.3 is 0 Å². The van der Waals surface area contributed by atoms with Gasteiger partial charge in [-0.2, -0.15) is 0 Å². The molecule has 0 aromatic carbocycles. The van der Waals surface area contributed by atoms with Crippen LogP contribution in [-0.2, 0) is 6.54 Å². The Balaban J connectivity index is 1.89. The van der Waals surface area contributed by atoms with E-state index in [0.29, 0.717) is 5.41 Å². The summed E-state index contributed by atoms with van der Waals surface area (Å²) < 4.78 is 1.80. The first-order valence-electron chi connectivity index (χ1n) is 5.76. The van der Waals surface area contributed by atoms with Gasteiger partial charge in [0.25, 0.3) is 0 Å². The van der Waals surface area contributed by atoms with Gasteiger partial charge in [-0.05, 0) is 41.6 Å². The number of aryl methyl sites for hydroxylation is 1. The minimum absolute atomic E-state index is 0.351. The minimum atomic E-state index is 0.351. The van der Waals surface area contributed by atoms with Gasteiger partial charge in [-0.3, -0.25) is 0 Å². The lowest BCUT2D eigenvalue weighted by Gasteiger charge is -2.36. The fourth-order valence-electron chi connectivity index (χ4n) is 2.49. The lowest BCUT2D eigenvalue weighted by Crippen LogP contribution is -2.34. The highest BCUT2D eigenvalue weighted by molar-refractivity contribution is 4.83. The van der Waals surface area contributed by atoms with Crippen molar-refractivity contribution in [1.29, 1.82) is 0 Å². The predicted octanol–water partition coefficient (Wildman–Crippen LogP) is 0.972. The van der Waals surface area contributed by atoms with Crippen LogP contribution in [0.2, 0.25) is 0 Å².